The molecule has 4 aliphatic carbocycles. The molecule has 0 aliphatic heterocycles. The minimum absolute atomic E-state index is 0.0193. The summed E-state index contributed by atoms with van der Waals surface area (Å²) in [6.07, 6.45) is -3.03. The zero-order valence-corrected chi connectivity index (χ0v) is 16.7. The predicted octanol–water partition coefficient (Wildman–Crippen LogP) is 4.50. The van der Waals surface area contributed by atoms with Crippen LogP contribution in [0.25, 0.3) is 0 Å². The molecule has 6 nitrogen and oxygen atoms in total. The van der Waals surface area contributed by atoms with Crippen molar-refractivity contribution < 1.29 is 32.2 Å². The van der Waals surface area contributed by atoms with E-state index in [-0.39, 0.29) is 17.1 Å². The van der Waals surface area contributed by atoms with Gasteiger partial charge in [-0.2, -0.15) is 0 Å². The minimum atomic E-state index is -4.58. The fourth-order valence-electron chi connectivity index (χ4n) is 4.24. The summed E-state index contributed by atoms with van der Waals surface area (Å²) in [4.78, 5) is 16.4. The lowest BCUT2D eigenvalue weighted by Gasteiger charge is -2.68. The third-order valence-corrected chi connectivity index (χ3v) is 6.10. The molecule has 0 atom stereocenters. The highest BCUT2D eigenvalue weighted by Crippen LogP contribution is 2.62. The van der Waals surface area contributed by atoms with Crippen molar-refractivity contribution in [1.29, 1.82) is 0 Å². The molecule has 1 aromatic rings. The largest absolute Gasteiger partial charge is 0.522 e. The summed E-state index contributed by atoms with van der Waals surface area (Å²) in [7, 11) is 0. The number of alkyl halides is 3. The third-order valence-electron chi connectivity index (χ3n) is 5.37. The maximum Gasteiger partial charge on any atom is 0.522 e. The third kappa shape index (κ3) is 4.07. The maximum absolute atomic E-state index is 12.2. The zero-order chi connectivity index (χ0) is 20.4. The lowest BCUT2D eigenvalue weighted by molar-refractivity contribution is -0.351. The van der Waals surface area contributed by atoms with E-state index >= 15 is 0 Å². The van der Waals surface area contributed by atoms with Crippen molar-refractivity contribution in [2.45, 2.75) is 88.0 Å². The number of rotatable bonds is 5. The second-order valence-electron chi connectivity index (χ2n) is 9.11. The number of hydrogen-bond acceptors (Lipinski definition) is 6. The van der Waals surface area contributed by atoms with Gasteiger partial charge in [0, 0.05) is 30.6 Å². The second-order valence-corrected chi connectivity index (χ2v) is 9.94. The normalized spacial score (nSPS) is 33.9. The molecule has 2 bridgehead atoms. The molecule has 4 fully saturated rings. The van der Waals surface area contributed by atoms with Crippen molar-refractivity contribution in [3.63, 3.8) is 0 Å². The van der Waals surface area contributed by atoms with Crippen molar-refractivity contribution in [1.82, 2.24) is 10.3 Å². The fraction of sp³-hybridized carbons (Fsp3) is 0.778. The van der Waals surface area contributed by atoms with Crippen LogP contribution in [0.1, 0.15) is 64.5 Å². The predicted molar refractivity (Wildman–Crippen MR) is 94.3 cm³/mol. The number of nitrogens with zero attached hydrogens (tertiary/aromatic N) is 1. The lowest BCUT2D eigenvalue weighted by Crippen LogP contribution is -2.80. The van der Waals surface area contributed by atoms with E-state index in [9.17, 15) is 18.0 Å². The first-order valence-corrected chi connectivity index (χ1v) is 10.1. The smallest absolute Gasteiger partial charge is 0.463 e. The molecule has 1 N–H and O–H groups in total. The van der Waals surface area contributed by atoms with Gasteiger partial charge in [-0.05, 0) is 33.6 Å². The van der Waals surface area contributed by atoms with Gasteiger partial charge in [0.05, 0.1) is 17.3 Å². The number of ether oxygens (including phenoxy) is 3. The summed E-state index contributed by atoms with van der Waals surface area (Å²) in [5.74, 6) is -0.0193. The van der Waals surface area contributed by atoms with Crippen LogP contribution in [-0.4, -0.2) is 40.3 Å². The van der Waals surface area contributed by atoms with Crippen LogP contribution in [0.15, 0.2) is 5.38 Å². The lowest BCUT2D eigenvalue weighted by atomic mass is 9.46. The van der Waals surface area contributed by atoms with Crippen LogP contribution in [0.3, 0.4) is 0 Å². The van der Waals surface area contributed by atoms with Crippen LogP contribution >= 0.6 is 11.3 Å². The molecule has 0 radical (unpaired) electrons. The van der Waals surface area contributed by atoms with E-state index in [2.05, 4.69) is 15.0 Å². The minimum Gasteiger partial charge on any atom is -0.463 e. The molecule has 5 rings (SSSR count). The first-order chi connectivity index (χ1) is 12.8. The Bertz CT molecular complexity index is 748. The number of thiazole rings is 1. The average molecular weight is 420 g/mol. The molecule has 0 saturated heterocycles. The summed E-state index contributed by atoms with van der Waals surface area (Å²) in [5, 5.41) is 5.29. The Kier molecular flexibility index (Phi) is 4.39. The van der Waals surface area contributed by atoms with E-state index in [0.717, 1.165) is 5.69 Å². The number of alkyl carbamates (subject to hydrolysis) is 1. The van der Waals surface area contributed by atoms with Crippen LogP contribution in [0, 0.1) is 0 Å². The Morgan fingerprint density at radius 2 is 1.89 bits per heavy atom. The van der Waals surface area contributed by atoms with Gasteiger partial charge in [-0.25, -0.2) is 9.78 Å². The van der Waals surface area contributed by atoms with Crippen molar-refractivity contribution >= 4 is 17.4 Å². The topological polar surface area (TPSA) is 69.7 Å². The van der Waals surface area contributed by atoms with Crippen molar-refractivity contribution in [2.24, 2.45) is 0 Å². The first kappa shape index (κ1) is 19.8. The van der Waals surface area contributed by atoms with E-state index in [1.807, 2.05) is 26.2 Å². The van der Waals surface area contributed by atoms with Crippen LogP contribution in [0.5, 0.6) is 5.19 Å². The van der Waals surface area contributed by atoms with E-state index < -0.39 is 24.2 Å². The second kappa shape index (κ2) is 6.22. The summed E-state index contributed by atoms with van der Waals surface area (Å²) >= 11 is 1.35. The molecule has 4 saturated carbocycles. The van der Waals surface area contributed by atoms with Crippen molar-refractivity contribution in [3.8, 4) is 5.19 Å². The molecule has 0 aromatic carbocycles. The molecule has 4 aliphatic rings. The average Bonchev–Trinajstić information content (AvgIpc) is 2.83. The highest BCUT2D eigenvalue weighted by molar-refractivity contribution is 7.11. The van der Waals surface area contributed by atoms with Gasteiger partial charge in [-0.3, -0.25) is 4.74 Å². The summed E-state index contributed by atoms with van der Waals surface area (Å²) in [6.45, 7) is 5.45. The van der Waals surface area contributed by atoms with Crippen LogP contribution < -0.4 is 10.1 Å². The van der Waals surface area contributed by atoms with Crippen LogP contribution in [0.4, 0.5) is 18.0 Å². The number of nitrogens with one attached hydrogen (secondary N) is 1. The molecule has 156 valence electrons. The Hall–Kier alpha value is -1.55. The zero-order valence-electron chi connectivity index (χ0n) is 15.9. The van der Waals surface area contributed by atoms with E-state index in [4.69, 9.17) is 9.47 Å². The van der Waals surface area contributed by atoms with Gasteiger partial charge in [-0.15, -0.1) is 13.2 Å². The highest BCUT2D eigenvalue weighted by Gasteiger charge is 2.71. The van der Waals surface area contributed by atoms with Gasteiger partial charge in [0.25, 0.3) is 5.19 Å². The summed E-state index contributed by atoms with van der Waals surface area (Å²) < 4.78 is 51.9. The number of aromatic nitrogens is 1. The number of carbonyl (C=O) groups excluding carboxylic acids is 1. The first-order valence-electron chi connectivity index (χ1n) is 9.25. The molecular weight excluding hydrogens is 397 g/mol. The van der Waals surface area contributed by atoms with Crippen LogP contribution in [0.2, 0.25) is 0 Å². The van der Waals surface area contributed by atoms with E-state index in [1.54, 1.807) is 0 Å². The molecule has 1 aromatic heterocycles. The van der Waals surface area contributed by atoms with E-state index in [0.29, 0.717) is 37.3 Å². The number of carbonyl (C=O) groups is 1. The van der Waals surface area contributed by atoms with Crippen molar-refractivity contribution in [3.05, 3.63) is 11.1 Å². The van der Waals surface area contributed by atoms with Gasteiger partial charge in [0.2, 0.25) is 0 Å². The molecule has 28 heavy (non-hydrogen) atoms. The van der Waals surface area contributed by atoms with Gasteiger partial charge in [0.15, 0.2) is 0 Å². The van der Waals surface area contributed by atoms with Gasteiger partial charge in [0.1, 0.15) is 11.2 Å². The van der Waals surface area contributed by atoms with Gasteiger partial charge >= 0.3 is 12.5 Å². The summed E-state index contributed by atoms with van der Waals surface area (Å²) in [5.41, 5.74) is -0.329. The molecule has 0 spiro atoms. The fourth-order valence-corrected chi connectivity index (χ4v) is 5.09. The molecule has 0 unspecified atom stereocenters. The Balaban J connectivity index is 1.22. The number of amides is 1. The van der Waals surface area contributed by atoms with Gasteiger partial charge in [-0.1, -0.05) is 11.3 Å². The molecule has 1 amide bonds. The Labute approximate surface area is 164 Å². The maximum atomic E-state index is 12.2. The quantitative estimate of drug-likeness (QED) is 0.759. The Morgan fingerprint density at radius 3 is 2.46 bits per heavy atom. The Morgan fingerprint density at radius 1 is 1.25 bits per heavy atom. The summed E-state index contributed by atoms with van der Waals surface area (Å²) in [6, 6.07) is 0. The number of halogens is 3. The van der Waals surface area contributed by atoms with E-state index in [1.165, 1.54) is 11.3 Å². The SMILES string of the molecule is CC(C)(C)OC(=O)NC12CC(Oc3nc([C@H]4C[C@@H](OC(F)(F)F)C4)cs3)(C1)C2. The van der Waals surface area contributed by atoms with Crippen LogP contribution in [-0.2, 0) is 9.47 Å². The molecule has 1 heterocycles. The molecule has 10 heteroatoms. The van der Waals surface area contributed by atoms with Gasteiger partial charge < -0.3 is 14.8 Å². The highest BCUT2D eigenvalue weighted by atomic mass is 32.1. The monoisotopic (exact) mass is 420 g/mol. The number of hydrogen-bond donors (Lipinski definition) is 1. The standard InChI is InChI=1S/C18H23F3N2O4S/c1-15(2,3)26-13(24)23-16-7-17(8-16,9-16)27-14-22-12(6-28-14)10-4-11(5-10)25-18(19,20)21/h6,10-11H,4-5,7-9H2,1-3H3,(H,23,24)/t10-,11+,16?,17?. The van der Waals surface area contributed by atoms with Crippen molar-refractivity contribution in [2.75, 3.05) is 0 Å². The molecular formula is C18H23F3N2O4S.